The van der Waals surface area contributed by atoms with E-state index in [1.807, 2.05) is 55.5 Å². The predicted octanol–water partition coefficient (Wildman–Crippen LogP) is 5.04. The number of hydrogen-bond acceptors (Lipinski definition) is 2. The third kappa shape index (κ3) is 4.11. The molecule has 22 heavy (non-hydrogen) atoms. The Balaban J connectivity index is 2.20. The highest BCUT2D eigenvalue weighted by molar-refractivity contribution is 5.39. The first-order valence-corrected chi connectivity index (χ1v) is 8.11. The van der Waals surface area contributed by atoms with E-state index in [1.54, 1.807) is 0 Å². The highest BCUT2D eigenvalue weighted by Crippen LogP contribution is 2.34. The van der Waals surface area contributed by atoms with Crippen molar-refractivity contribution in [2.24, 2.45) is 5.92 Å². The van der Waals surface area contributed by atoms with Gasteiger partial charge in [-0.2, -0.15) is 0 Å². The van der Waals surface area contributed by atoms with Crippen LogP contribution >= 0.6 is 0 Å². The van der Waals surface area contributed by atoms with E-state index in [1.165, 1.54) is 0 Å². The molecular formula is C20H26O2. The molecule has 1 unspecified atom stereocenters. The van der Waals surface area contributed by atoms with Gasteiger partial charge in [0, 0.05) is 5.56 Å². The van der Waals surface area contributed by atoms with Crippen LogP contribution in [0.1, 0.15) is 49.5 Å². The molecule has 2 aromatic rings. The van der Waals surface area contributed by atoms with Gasteiger partial charge in [0.1, 0.15) is 12.4 Å². The molecule has 1 N–H and O–H groups in total. The maximum absolute atomic E-state index is 10.7. The van der Waals surface area contributed by atoms with Crippen molar-refractivity contribution in [3.05, 3.63) is 65.2 Å². The minimum Gasteiger partial charge on any atom is -0.489 e. The van der Waals surface area contributed by atoms with Crippen molar-refractivity contribution in [1.82, 2.24) is 0 Å². The summed E-state index contributed by atoms with van der Waals surface area (Å²) in [5.74, 6) is 1.05. The van der Waals surface area contributed by atoms with Crippen LogP contribution in [0, 0.1) is 12.8 Å². The van der Waals surface area contributed by atoms with Crippen molar-refractivity contribution in [2.75, 3.05) is 0 Å². The molecule has 0 aliphatic carbocycles. The Kier molecular flexibility index (Phi) is 6.02. The number of aliphatic hydroxyl groups is 1. The molecule has 0 saturated heterocycles. The smallest absolute Gasteiger partial charge is 0.125 e. The molecule has 2 nitrogen and oxygen atoms in total. The van der Waals surface area contributed by atoms with Crippen LogP contribution in [-0.4, -0.2) is 5.11 Å². The quantitative estimate of drug-likeness (QED) is 0.775. The Hall–Kier alpha value is -1.80. The Bertz CT molecular complexity index is 574. The van der Waals surface area contributed by atoms with Gasteiger partial charge in [-0.05, 0) is 30.5 Å². The first kappa shape index (κ1) is 16.6. The molecular weight excluding hydrogens is 272 g/mol. The molecule has 2 heteroatoms. The van der Waals surface area contributed by atoms with Crippen LogP contribution in [0.25, 0.3) is 0 Å². The Morgan fingerprint density at radius 2 is 1.68 bits per heavy atom. The first-order chi connectivity index (χ1) is 10.7. The summed E-state index contributed by atoms with van der Waals surface area (Å²) in [6.45, 7) is 6.81. The van der Waals surface area contributed by atoms with Gasteiger partial charge >= 0.3 is 0 Å². The Labute approximate surface area is 133 Å². The van der Waals surface area contributed by atoms with E-state index in [9.17, 15) is 5.11 Å². The first-order valence-electron chi connectivity index (χ1n) is 8.11. The van der Waals surface area contributed by atoms with E-state index in [4.69, 9.17) is 4.74 Å². The standard InChI is InChI=1S/C20H26O2/c1-4-17(5-2)20(21)18-13-15(3)11-12-19(18)22-14-16-9-7-6-8-10-16/h6-13,17,20-21H,4-5,14H2,1-3H3. The molecule has 2 aromatic carbocycles. The van der Waals surface area contributed by atoms with Gasteiger partial charge in [-0.1, -0.05) is 68.7 Å². The van der Waals surface area contributed by atoms with Crippen molar-refractivity contribution < 1.29 is 9.84 Å². The van der Waals surface area contributed by atoms with Crippen LogP contribution in [0.15, 0.2) is 48.5 Å². The van der Waals surface area contributed by atoms with Gasteiger partial charge in [-0.25, -0.2) is 0 Å². The van der Waals surface area contributed by atoms with Crippen molar-refractivity contribution in [3.63, 3.8) is 0 Å². The predicted molar refractivity (Wildman–Crippen MR) is 91.0 cm³/mol. The van der Waals surface area contributed by atoms with Crippen molar-refractivity contribution in [1.29, 1.82) is 0 Å². The van der Waals surface area contributed by atoms with Gasteiger partial charge in [-0.3, -0.25) is 0 Å². The highest BCUT2D eigenvalue weighted by atomic mass is 16.5. The minimum absolute atomic E-state index is 0.265. The van der Waals surface area contributed by atoms with Crippen LogP contribution in [0.3, 0.4) is 0 Å². The monoisotopic (exact) mass is 298 g/mol. The Morgan fingerprint density at radius 3 is 2.32 bits per heavy atom. The lowest BCUT2D eigenvalue weighted by Gasteiger charge is -2.23. The van der Waals surface area contributed by atoms with E-state index in [-0.39, 0.29) is 5.92 Å². The molecule has 0 spiro atoms. The lowest BCUT2D eigenvalue weighted by Crippen LogP contribution is -2.13. The van der Waals surface area contributed by atoms with Gasteiger partial charge < -0.3 is 9.84 Å². The SMILES string of the molecule is CCC(CC)C(O)c1cc(C)ccc1OCc1ccccc1. The van der Waals surface area contributed by atoms with Gasteiger partial charge in [-0.15, -0.1) is 0 Å². The van der Waals surface area contributed by atoms with Crippen molar-refractivity contribution in [2.45, 2.75) is 46.3 Å². The van der Waals surface area contributed by atoms with Crippen molar-refractivity contribution in [3.8, 4) is 5.75 Å². The number of aryl methyl sites for hydroxylation is 1. The molecule has 0 radical (unpaired) electrons. The molecule has 0 fully saturated rings. The number of aliphatic hydroxyl groups excluding tert-OH is 1. The van der Waals surface area contributed by atoms with E-state index in [2.05, 4.69) is 13.8 Å². The van der Waals surface area contributed by atoms with Gasteiger partial charge in [0.25, 0.3) is 0 Å². The van der Waals surface area contributed by atoms with Gasteiger partial charge in [0.2, 0.25) is 0 Å². The topological polar surface area (TPSA) is 29.5 Å². The second-order valence-corrected chi connectivity index (χ2v) is 5.84. The number of hydrogen-bond donors (Lipinski definition) is 1. The van der Waals surface area contributed by atoms with Crippen LogP contribution in [0.2, 0.25) is 0 Å². The zero-order valence-corrected chi connectivity index (χ0v) is 13.8. The summed E-state index contributed by atoms with van der Waals surface area (Å²) in [5, 5.41) is 10.7. The van der Waals surface area contributed by atoms with Crippen LogP contribution in [-0.2, 0) is 6.61 Å². The van der Waals surface area contributed by atoms with Gasteiger partial charge in [0.15, 0.2) is 0 Å². The summed E-state index contributed by atoms with van der Waals surface area (Å²) >= 11 is 0. The van der Waals surface area contributed by atoms with Crippen molar-refractivity contribution >= 4 is 0 Å². The Morgan fingerprint density at radius 1 is 1.00 bits per heavy atom. The zero-order valence-electron chi connectivity index (χ0n) is 13.8. The molecule has 1 atom stereocenters. The highest BCUT2D eigenvalue weighted by Gasteiger charge is 2.21. The second-order valence-electron chi connectivity index (χ2n) is 5.84. The molecule has 0 saturated carbocycles. The second kappa shape index (κ2) is 8.00. The average molecular weight is 298 g/mol. The third-order valence-corrected chi connectivity index (χ3v) is 4.22. The van der Waals surface area contributed by atoms with Crippen LogP contribution < -0.4 is 4.74 Å². The normalized spacial score (nSPS) is 12.4. The summed E-state index contributed by atoms with van der Waals surface area (Å²) in [5.41, 5.74) is 3.18. The molecule has 0 heterocycles. The molecule has 2 rings (SSSR count). The molecule has 0 amide bonds. The third-order valence-electron chi connectivity index (χ3n) is 4.22. The average Bonchev–Trinajstić information content (AvgIpc) is 2.55. The molecule has 0 bridgehead atoms. The fourth-order valence-corrected chi connectivity index (χ4v) is 2.75. The molecule has 0 aliphatic heterocycles. The van der Waals surface area contributed by atoms with Crippen LogP contribution in [0.5, 0.6) is 5.75 Å². The zero-order chi connectivity index (χ0) is 15.9. The summed E-state index contributed by atoms with van der Waals surface area (Å²) in [6, 6.07) is 16.2. The van der Waals surface area contributed by atoms with E-state index < -0.39 is 6.10 Å². The lowest BCUT2D eigenvalue weighted by molar-refractivity contribution is 0.0990. The maximum Gasteiger partial charge on any atom is 0.125 e. The number of benzene rings is 2. The summed E-state index contributed by atoms with van der Waals surface area (Å²) < 4.78 is 5.98. The maximum atomic E-state index is 10.7. The van der Waals surface area contributed by atoms with E-state index in [0.29, 0.717) is 6.61 Å². The minimum atomic E-state index is -0.472. The molecule has 118 valence electrons. The number of rotatable bonds is 7. The molecule has 0 aliphatic rings. The summed E-state index contributed by atoms with van der Waals surface area (Å²) in [6.07, 6.45) is 1.45. The summed E-state index contributed by atoms with van der Waals surface area (Å²) in [4.78, 5) is 0. The molecule has 0 aromatic heterocycles. The fourth-order valence-electron chi connectivity index (χ4n) is 2.75. The largest absolute Gasteiger partial charge is 0.489 e. The van der Waals surface area contributed by atoms with Gasteiger partial charge in [0.05, 0.1) is 6.10 Å². The lowest BCUT2D eigenvalue weighted by atomic mass is 9.90. The van der Waals surface area contributed by atoms with E-state index in [0.717, 1.165) is 35.3 Å². The fraction of sp³-hybridized carbons (Fsp3) is 0.400. The van der Waals surface area contributed by atoms with E-state index >= 15 is 0 Å². The summed E-state index contributed by atoms with van der Waals surface area (Å²) in [7, 11) is 0. The number of ether oxygens (including phenoxy) is 1. The van der Waals surface area contributed by atoms with Crippen LogP contribution in [0.4, 0.5) is 0 Å².